The molecule has 0 aliphatic carbocycles. The fourth-order valence-electron chi connectivity index (χ4n) is 7.56. The van der Waals surface area contributed by atoms with Gasteiger partial charge in [-0.1, -0.05) is 141 Å². The van der Waals surface area contributed by atoms with E-state index in [9.17, 15) is 14.4 Å². The molecule has 1 fully saturated rings. The van der Waals surface area contributed by atoms with Gasteiger partial charge >= 0.3 is 17.9 Å². The fourth-order valence-corrected chi connectivity index (χ4v) is 7.56. The Morgan fingerprint density at radius 3 is 1.64 bits per heavy atom. The molecule has 0 aromatic rings. The van der Waals surface area contributed by atoms with Crippen LogP contribution in [0.1, 0.15) is 213 Å². The Hall–Kier alpha value is -2.33. The van der Waals surface area contributed by atoms with Gasteiger partial charge in [0, 0.05) is 12.8 Å². The molecule has 3 unspecified atom stereocenters. The highest BCUT2D eigenvalue weighted by Gasteiger charge is 2.17. The van der Waals surface area contributed by atoms with Crippen molar-refractivity contribution in [2.24, 2.45) is 11.8 Å². The van der Waals surface area contributed by atoms with E-state index in [2.05, 4.69) is 43.7 Å². The molecule has 1 rings (SSSR count). The van der Waals surface area contributed by atoms with E-state index >= 15 is 0 Å². The first kappa shape index (κ1) is 50.7. The molecule has 55 heavy (non-hydrogen) atoms. The lowest BCUT2D eigenvalue weighted by Crippen LogP contribution is -2.23. The van der Waals surface area contributed by atoms with Gasteiger partial charge in [-0.15, -0.1) is 0 Å². The number of likely N-dealkylation sites (tertiary alicyclic amines) is 1. The van der Waals surface area contributed by atoms with Gasteiger partial charge in [-0.25, -0.2) is 0 Å². The summed E-state index contributed by atoms with van der Waals surface area (Å²) in [6.07, 6.45) is 34.0. The summed E-state index contributed by atoms with van der Waals surface area (Å²) in [6.45, 7) is 14.5. The summed E-state index contributed by atoms with van der Waals surface area (Å²) in [5, 5.41) is 0. The minimum Gasteiger partial charge on any atom is -0.466 e. The van der Waals surface area contributed by atoms with Gasteiger partial charge in [-0.2, -0.15) is 0 Å². The Balaban J connectivity index is 2.19. The van der Waals surface area contributed by atoms with Crippen molar-refractivity contribution < 1.29 is 28.6 Å². The van der Waals surface area contributed by atoms with E-state index < -0.39 is 0 Å². The maximum absolute atomic E-state index is 12.8. The first-order valence-corrected chi connectivity index (χ1v) is 23.2. The van der Waals surface area contributed by atoms with E-state index in [0.29, 0.717) is 38.4 Å². The molecule has 7 nitrogen and oxygen atoms in total. The van der Waals surface area contributed by atoms with Gasteiger partial charge in [-0.05, 0) is 108 Å². The lowest BCUT2D eigenvalue weighted by atomic mass is 9.98. The Labute approximate surface area is 338 Å². The number of esters is 3. The molecule has 1 aliphatic heterocycles. The second-order valence-electron chi connectivity index (χ2n) is 16.5. The summed E-state index contributed by atoms with van der Waals surface area (Å²) in [7, 11) is 0. The third-order valence-electron chi connectivity index (χ3n) is 11.1. The van der Waals surface area contributed by atoms with E-state index in [4.69, 9.17) is 14.2 Å². The number of carbonyl (C=O) groups excluding carboxylic acids is 3. The first-order valence-electron chi connectivity index (χ1n) is 23.2. The largest absolute Gasteiger partial charge is 0.466 e. The van der Waals surface area contributed by atoms with Crippen molar-refractivity contribution in [1.29, 1.82) is 0 Å². The van der Waals surface area contributed by atoms with E-state index in [1.807, 2.05) is 6.08 Å². The topological polar surface area (TPSA) is 82.1 Å². The third kappa shape index (κ3) is 32.5. The highest BCUT2D eigenvalue weighted by molar-refractivity contribution is 5.70. The van der Waals surface area contributed by atoms with Gasteiger partial charge in [-0.3, -0.25) is 14.4 Å². The van der Waals surface area contributed by atoms with Crippen molar-refractivity contribution in [3.8, 4) is 0 Å². The first-order chi connectivity index (χ1) is 26.9. The number of allylic oxidation sites excluding steroid dienone is 1. The summed E-state index contributed by atoms with van der Waals surface area (Å²) in [6, 6.07) is 0. The lowest BCUT2D eigenvalue weighted by Gasteiger charge is -2.19. The van der Waals surface area contributed by atoms with Gasteiger partial charge in [0.05, 0.1) is 19.6 Å². The molecule has 1 aliphatic rings. The van der Waals surface area contributed by atoms with Gasteiger partial charge in [0.25, 0.3) is 0 Å². The van der Waals surface area contributed by atoms with Crippen LogP contribution in [0.3, 0.4) is 0 Å². The molecule has 1 saturated heterocycles. The van der Waals surface area contributed by atoms with Crippen LogP contribution in [0.2, 0.25) is 0 Å². The summed E-state index contributed by atoms with van der Waals surface area (Å²) < 4.78 is 17.0. The van der Waals surface area contributed by atoms with Crippen molar-refractivity contribution in [2.75, 3.05) is 32.8 Å². The quantitative estimate of drug-likeness (QED) is 0.0267. The zero-order valence-corrected chi connectivity index (χ0v) is 36.2. The van der Waals surface area contributed by atoms with E-state index in [1.165, 1.54) is 103 Å². The molecule has 0 saturated carbocycles. The molecular formula is C48H85NO6. The molecule has 3 atom stereocenters. The van der Waals surface area contributed by atoms with Crippen molar-refractivity contribution in [3.63, 3.8) is 0 Å². The molecule has 1 heterocycles. The van der Waals surface area contributed by atoms with Crippen LogP contribution in [-0.4, -0.2) is 61.8 Å². The standard InChI is InChI=1S/C48H85NO6/c1-5-8-30-43(4)41-47(51)53-39-27-21-17-13-11-15-19-23-33-45(55-46(50)35-29-38-49-36-25-26-37-49)34-24-20-16-12-14-18-22-28-40-54-48(52)42-44(31-9-6-2)32-10-7-3/h31,43-45H,2,5,7-8,10-30,32-42H2,1,3-4H3. The fraction of sp³-hybridized carbons (Fsp3) is 0.854. The average Bonchev–Trinajstić information content (AvgIpc) is 3.69. The van der Waals surface area contributed by atoms with Crippen LogP contribution >= 0.6 is 0 Å². The van der Waals surface area contributed by atoms with E-state index in [1.54, 1.807) is 0 Å². The predicted octanol–water partition coefficient (Wildman–Crippen LogP) is 12.8. The normalized spacial score (nSPS) is 14.5. The second kappa shape index (κ2) is 37.3. The number of hydrogen-bond acceptors (Lipinski definition) is 7. The van der Waals surface area contributed by atoms with Crippen molar-refractivity contribution in [2.45, 2.75) is 219 Å². The number of rotatable bonds is 38. The SMILES string of the molecule is C=C=C=CC(CCCC)CC(=O)OCCCCCCCCCCC(CCCCCCCCCCOC(=O)CC(C)CCCC)OC(=O)CCCN1CCCC1. The van der Waals surface area contributed by atoms with Crippen LogP contribution in [0.15, 0.2) is 24.1 Å². The van der Waals surface area contributed by atoms with E-state index in [0.717, 1.165) is 90.0 Å². The molecule has 0 spiro atoms. The maximum atomic E-state index is 12.8. The monoisotopic (exact) mass is 772 g/mol. The summed E-state index contributed by atoms with van der Waals surface area (Å²) in [5.41, 5.74) is 5.56. The minimum atomic E-state index is -0.115. The zero-order valence-electron chi connectivity index (χ0n) is 36.2. The van der Waals surface area contributed by atoms with Crippen molar-refractivity contribution in [3.05, 3.63) is 24.1 Å². The Morgan fingerprint density at radius 1 is 0.618 bits per heavy atom. The number of carbonyl (C=O) groups is 3. The Bertz CT molecular complexity index is 1030. The maximum Gasteiger partial charge on any atom is 0.306 e. The molecule has 0 amide bonds. The van der Waals surface area contributed by atoms with Gasteiger partial charge in [0.2, 0.25) is 0 Å². The van der Waals surface area contributed by atoms with Gasteiger partial charge in [0.1, 0.15) is 6.10 Å². The van der Waals surface area contributed by atoms with Crippen LogP contribution in [0, 0.1) is 11.8 Å². The molecule has 318 valence electrons. The lowest BCUT2D eigenvalue weighted by molar-refractivity contribution is -0.150. The van der Waals surface area contributed by atoms with Crippen molar-refractivity contribution in [1.82, 2.24) is 4.90 Å². The van der Waals surface area contributed by atoms with Crippen LogP contribution in [0.25, 0.3) is 0 Å². The van der Waals surface area contributed by atoms with Gasteiger partial charge < -0.3 is 19.1 Å². The summed E-state index contributed by atoms with van der Waals surface area (Å²) in [5.74, 6) is 0.423. The number of unbranched alkanes of at least 4 members (excludes halogenated alkanes) is 16. The third-order valence-corrected chi connectivity index (χ3v) is 11.1. The number of nitrogens with zero attached hydrogens (tertiary/aromatic N) is 1. The summed E-state index contributed by atoms with van der Waals surface area (Å²) in [4.78, 5) is 39.5. The molecule has 7 heteroatoms. The smallest absolute Gasteiger partial charge is 0.306 e. The zero-order chi connectivity index (χ0) is 40.0. The van der Waals surface area contributed by atoms with Crippen LogP contribution in [-0.2, 0) is 28.6 Å². The molecule has 0 bridgehead atoms. The number of hydrogen-bond donors (Lipinski definition) is 0. The molecule has 0 radical (unpaired) electrons. The van der Waals surface area contributed by atoms with Gasteiger partial charge in [0.15, 0.2) is 0 Å². The van der Waals surface area contributed by atoms with Crippen LogP contribution in [0.4, 0.5) is 0 Å². The Morgan fingerprint density at radius 2 is 1.11 bits per heavy atom. The second-order valence-corrected chi connectivity index (χ2v) is 16.5. The summed E-state index contributed by atoms with van der Waals surface area (Å²) >= 11 is 0. The minimum absolute atomic E-state index is 0.00967. The van der Waals surface area contributed by atoms with Crippen LogP contribution < -0.4 is 0 Å². The predicted molar refractivity (Wildman–Crippen MR) is 228 cm³/mol. The average molecular weight is 772 g/mol. The molecule has 0 aromatic heterocycles. The van der Waals surface area contributed by atoms with Crippen molar-refractivity contribution >= 4 is 17.9 Å². The highest BCUT2D eigenvalue weighted by atomic mass is 16.5. The number of ether oxygens (including phenoxy) is 3. The van der Waals surface area contributed by atoms with Crippen LogP contribution in [0.5, 0.6) is 0 Å². The molecule has 0 N–H and O–H groups in total. The highest BCUT2D eigenvalue weighted by Crippen LogP contribution is 2.20. The molecule has 0 aromatic carbocycles. The Kier molecular flexibility index (Phi) is 34.3. The molecular weight excluding hydrogens is 687 g/mol. The van der Waals surface area contributed by atoms with E-state index in [-0.39, 0.29) is 29.9 Å².